The largest absolute Gasteiger partial charge is 0.445 e. The number of benzene rings is 1. The molecule has 2 rings (SSSR count). The van der Waals surface area contributed by atoms with Gasteiger partial charge in [-0.2, -0.15) is 0 Å². The molecule has 0 bridgehead atoms. The number of amides is 1. The van der Waals surface area contributed by atoms with Crippen LogP contribution in [0.4, 0.5) is 4.79 Å². The van der Waals surface area contributed by atoms with E-state index in [0.717, 1.165) is 21.8 Å². The molecule has 22 heavy (non-hydrogen) atoms. The number of alkyl carbamates (subject to hydrolysis) is 1. The van der Waals surface area contributed by atoms with Crippen LogP contribution in [0, 0.1) is 0 Å². The monoisotopic (exact) mass is 340 g/mol. The summed E-state index contributed by atoms with van der Waals surface area (Å²) in [6, 6.07) is 12.5. The maximum Gasteiger partial charge on any atom is 0.407 e. The Bertz CT molecular complexity index is 726. The molecule has 3 N–H and O–H groups in total. The Balaban J connectivity index is 1.72. The van der Waals surface area contributed by atoms with Crippen LogP contribution in [0.2, 0.25) is 0 Å². The van der Waals surface area contributed by atoms with Crippen LogP contribution in [-0.4, -0.2) is 21.1 Å². The average molecular weight is 340 g/mol. The standard InChI is InChI=1S/C14H16N2O4S2/c15-22(18,19)13-7-6-12(21-13)8-9-16-14(17)20-10-11-4-2-1-3-5-11/h1-7H,8-10H2,(H,16,17)(H2,15,18,19). The summed E-state index contributed by atoms with van der Waals surface area (Å²) in [4.78, 5) is 12.4. The number of nitrogens with two attached hydrogens (primary N) is 1. The molecule has 0 fully saturated rings. The van der Waals surface area contributed by atoms with Crippen molar-refractivity contribution in [1.82, 2.24) is 5.32 Å². The molecule has 0 radical (unpaired) electrons. The van der Waals surface area contributed by atoms with Gasteiger partial charge in [0.2, 0.25) is 10.0 Å². The number of carbonyl (C=O) groups excluding carboxylic acids is 1. The number of ether oxygens (including phenoxy) is 1. The van der Waals surface area contributed by atoms with Gasteiger partial charge in [0.05, 0.1) is 0 Å². The lowest BCUT2D eigenvalue weighted by Gasteiger charge is -2.06. The zero-order chi connectivity index (χ0) is 16.0. The lowest BCUT2D eigenvalue weighted by Crippen LogP contribution is -2.26. The summed E-state index contributed by atoms with van der Waals surface area (Å²) in [5, 5.41) is 7.65. The van der Waals surface area contributed by atoms with E-state index in [1.165, 1.54) is 6.07 Å². The summed E-state index contributed by atoms with van der Waals surface area (Å²) in [6.07, 6.45) is 0.00717. The summed E-state index contributed by atoms with van der Waals surface area (Å²) >= 11 is 1.10. The van der Waals surface area contributed by atoms with Gasteiger partial charge >= 0.3 is 6.09 Å². The van der Waals surface area contributed by atoms with Crippen LogP contribution in [-0.2, 0) is 27.8 Å². The van der Waals surface area contributed by atoms with Crippen molar-refractivity contribution >= 4 is 27.5 Å². The highest BCUT2D eigenvalue weighted by Crippen LogP contribution is 2.20. The number of primary sulfonamides is 1. The molecule has 0 saturated heterocycles. The van der Waals surface area contributed by atoms with Crippen LogP contribution in [0.3, 0.4) is 0 Å². The highest BCUT2D eigenvalue weighted by molar-refractivity contribution is 7.91. The number of sulfonamides is 1. The molecular formula is C14H16N2O4S2. The van der Waals surface area contributed by atoms with Crippen LogP contribution >= 0.6 is 11.3 Å². The molecule has 0 saturated carbocycles. The van der Waals surface area contributed by atoms with Crippen LogP contribution in [0.25, 0.3) is 0 Å². The molecule has 6 nitrogen and oxygen atoms in total. The van der Waals surface area contributed by atoms with E-state index in [1.807, 2.05) is 30.3 Å². The molecule has 1 aromatic heterocycles. The van der Waals surface area contributed by atoms with Crippen molar-refractivity contribution in [3.63, 3.8) is 0 Å². The van der Waals surface area contributed by atoms with Crippen LogP contribution in [0.1, 0.15) is 10.4 Å². The maximum atomic E-state index is 11.5. The predicted octanol–water partition coefficient (Wildman–Crippen LogP) is 1.86. The Kier molecular flexibility index (Phi) is 5.53. The van der Waals surface area contributed by atoms with Gasteiger partial charge in [-0.05, 0) is 24.1 Å². The van der Waals surface area contributed by atoms with Gasteiger partial charge in [0.1, 0.15) is 10.8 Å². The SMILES string of the molecule is NS(=O)(=O)c1ccc(CCNC(=O)OCc2ccccc2)s1. The van der Waals surface area contributed by atoms with Crippen LogP contribution < -0.4 is 10.5 Å². The summed E-state index contributed by atoms with van der Waals surface area (Å²) in [5.41, 5.74) is 0.911. The van der Waals surface area contributed by atoms with Crippen molar-refractivity contribution in [2.75, 3.05) is 6.54 Å². The smallest absolute Gasteiger partial charge is 0.407 e. The molecular weight excluding hydrogens is 324 g/mol. The molecule has 0 aliphatic heterocycles. The van der Waals surface area contributed by atoms with Gasteiger partial charge in [-0.25, -0.2) is 18.4 Å². The van der Waals surface area contributed by atoms with E-state index in [2.05, 4.69) is 5.32 Å². The Morgan fingerprint density at radius 2 is 1.91 bits per heavy atom. The molecule has 2 aromatic rings. The molecule has 0 aliphatic rings. The third-order valence-electron chi connectivity index (χ3n) is 2.77. The Hall–Kier alpha value is -1.90. The second-order valence-corrected chi connectivity index (χ2v) is 7.46. The van der Waals surface area contributed by atoms with Crippen molar-refractivity contribution in [1.29, 1.82) is 0 Å². The van der Waals surface area contributed by atoms with Crippen molar-refractivity contribution in [2.24, 2.45) is 5.14 Å². The number of thiophene rings is 1. The highest BCUT2D eigenvalue weighted by atomic mass is 32.2. The van der Waals surface area contributed by atoms with Crippen LogP contribution in [0.15, 0.2) is 46.7 Å². The molecule has 1 aromatic carbocycles. The summed E-state index contributed by atoms with van der Waals surface area (Å²) in [7, 11) is -3.66. The molecule has 1 amide bonds. The van der Waals surface area contributed by atoms with Gasteiger partial charge < -0.3 is 10.1 Å². The number of hydrogen-bond acceptors (Lipinski definition) is 5. The minimum atomic E-state index is -3.66. The van der Waals surface area contributed by atoms with Crippen LogP contribution in [0.5, 0.6) is 0 Å². The van der Waals surface area contributed by atoms with E-state index in [-0.39, 0.29) is 10.8 Å². The lowest BCUT2D eigenvalue weighted by atomic mass is 10.2. The molecule has 118 valence electrons. The normalized spacial score (nSPS) is 11.1. The molecule has 0 unspecified atom stereocenters. The number of hydrogen-bond donors (Lipinski definition) is 2. The van der Waals surface area contributed by atoms with Gasteiger partial charge in [0.25, 0.3) is 0 Å². The van der Waals surface area contributed by atoms with Gasteiger partial charge in [0.15, 0.2) is 0 Å². The Labute approximate surface area is 133 Å². The first kappa shape index (κ1) is 16.5. The quantitative estimate of drug-likeness (QED) is 0.838. The second kappa shape index (κ2) is 7.39. The third-order valence-corrected chi connectivity index (χ3v) is 5.35. The number of nitrogens with one attached hydrogen (secondary N) is 1. The Morgan fingerprint density at radius 3 is 2.55 bits per heavy atom. The zero-order valence-electron chi connectivity index (χ0n) is 11.7. The molecule has 1 heterocycles. The van der Waals surface area contributed by atoms with Crippen molar-refractivity contribution in [3.05, 3.63) is 52.9 Å². The Morgan fingerprint density at radius 1 is 1.18 bits per heavy atom. The number of rotatable bonds is 6. The van der Waals surface area contributed by atoms with E-state index >= 15 is 0 Å². The fourth-order valence-corrected chi connectivity index (χ4v) is 3.49. The zero-order valence-corrected chi connectivity index (χ0v) is 13.3. The second-order valence-electron chi connectivity index (χ2n) is 4.50. The van der Waals surface area contributed by atoms with Crippen molar-refractivity contribution < 1.29 is 17.9 Å². The first-order valence-corrected chi connectivity index (χ1v) is 8.87. The van der Waals surface area contributed by atoms with Crippen molar-refractivity contribution in [3.8, 4) is 0 Å². The topological polar surface area (TPSA) is 98.5 Å². The maximum absolute atomic E-state index is 11.5. The van der Waals surface area contributed by atoms with Gasteiger partial charge in [-0.15, -0.1) is 11.3 Å². The summed E-state index contributed by atoms with van der Waals surface area (Å²) in [5.74, 6) is 0. The summed E-state index contributed by atoms with van der Waals surface area (Å²) in [6.45, 7) is 0.569. The van der Waals surface area contributed by atoms with E-state index in [4.69, 9.17) is 9.88 Å². The lowest BCUT2D eigenvalue weighted by molar-refractivity contribution is 0.140. The number of carbonyl (C=O) groups is 1. The predicted molar refractivity (Wildman–Crippen MR) is 84.0 cm³/mol. The summed E-state index contributed by atoms with van der Waals surface area (Å²) < 4.78 is 27.5. The van der Waals surface area contributed by atoms with E-state index in [1.54, 1.807) is 6.07 Å². The fourth-order valence-electron chi connectivity index (χ4n) is 1.71. The van der Waals surface area contributed by atoms with Gasteiger partial charge in [-0.1, -0.05) is 30.3 Å². The first-order chi connectivity index (χ1) is 10.4. The molecule has 0 atom stereocenters. The minimum Gasteiger partial charge on any atom is -0.445 e. The molecule has 8 heteroatoms. The molecule has 0 aliphatic carbocycles. The first-order valence-electron chi connectivity index (χ1n) is 6.51. The molecule has 0 spiro atoms. The van der Waals surface area contributed by atoms with Gasteiger partial charge in [-0.3, -0.25) is 0 Å². The minimum absolute atomic E-state index is 0.120. The van der Waals surface area contributed by atoms with Crippen molar-refractivity contribution in [2.45, 2.75) is 17.2 Å². The highest BCUT2D eigenvalue weighted by Gasteiger charge is 2.11. The third kappa shape index (κ3) is 5.14. The van der Waals surface area contributed by atoms with E-state index in [0.29, 0.717) is 13.0 Å². The van der Waals surface area contributed by atoms with E-state index < -0.39 is 16.1 Å². The van der Waals surface area contributed by atoms with Gasteiger partial charge in [0, 0.05) is 11.4 Å². The fraction of sp³-hybridized carbons (Fsp3) is 0.214. The van der Waals surface area contributed by atoms with E-state index in [9.17, 15) is 13.2 Å². The average Bonchev–Trinajstić information content (AvgIpc) is 2.95.